The van der Waals surface area contributed by atoms with Crippen LogP contribution in [0.2, 0.25) is 0 Å². The van der Waals surface area contributed by atoms with Crippen LogP contribution in [0.5, 0.6) is 0 Å². The second-order valence-electron chi connectivity index (χ2n) is 5.37. The van der Waals surface area contributed by atoms with Crippen LogP contribution in [0, 0.1) is 5.92 Å². The van der Waals surface area contributed by atoms with Crippen molar-refractivity contribution in [1.82, 2.24) is 0 Å². The van der Waals surface area contributed by atoms with E-state index >= 15 is 0 Å². The molecule has 100 valence electrons. The summed E-state index contributed by atoms with van der Waals surface area (Å²) in [4.78, 5) is 0. The van der Waals surface area contributed by atoms with Gasteiger partial charge in [-0.1, -0.05) is 43.5 Å². The highest BCUT2D eigenvalue weighted by Gasteiger charge is 2.13. The van der Waals surface area contributed by atoms with Gasteiger partial charge in [-0.3, -0.25) is 0 Å². The van der Waals surface area contributed by atoms with Crippen LogP contribution in [-0.2, 0) is 17.8 Å². The molecule has 2 N–H and O–H groups in total. The highest BCUT2D eigenvalue weighted by Crippen LogP contribution is 2.23. The zero-order valence-electron chi connectivity index (χ0n) is 11.2. The van der Waals surface area contributed by atoms with Crippen LogP contribution < -0.4 is 5.73 Å². The maximum Gasteiger partial charge on any atom is 0.0717 e. The molecule has 0 amide bonds. The molecule has 0 radical (unpaired) electrons. The van der Waals surface area contributed by atoms with Crippen molar-refractivity contribution in [3.8, 4) is 0 Å². The van der Waals surface area contributed by atoms with Crippen molar-refractivity contribution in [2.75, 3.05) is 13.2 Å². The molecule has 0 unspecified atom stereocenters. The van der Waals surface area contributed by atoms with Crippen molar-refractivity contribution in [3.05, 3.63) is 35.4 Å². The molecule has 2 rings (SSSR count). The van der Waals surface area contributed by atoms with E-state index in [9.17, 15) is 0 Å². The van der Waals surface area contributed by atoms with Gasteiger partial charge in [-0.25, -0.2) is 0 Å². The SMILES string of the molecule is NCCc1ccc(COCC2CCCCC2)cc1. The van der Waals surface area contributed by atoms with Gasteiger partial charge in [0.05, 0.1) is 6.61 Å². The largest absolute Gasteiger partial charge is 0.376 e. The Morgan fingerprint density at radius 1 is 1.00 bits per heavy atom. The van der Waals surface area contributed by atoms with Crippen molar-refractivity contribution in [3.63, 3.8) is 0 Å². The van der Waals surface area contributed by atoms with Crippen LogP contribution in [0.25, 0.3) is 0 Å². The lowest BCUT2D eigenvalue weighted by atomic mass is 9.90. The third-order valence-corrected chi connectivity index (χ3v) is 3.80. The average molecular weight is 247 g/mol. The Labute approximate surface area is 111 Å². The molecule has 2 nitrogen and oxygen atoms in total. The van der Waals surface area contributed by atoms with E-state index in [2.05, 4.69) is 24.3 Å². The fourth-order valence-electron chi connectivity index (χ4n) is 2.67. The Kier molecular flexibility index (Phi) is 5.69. The highest BCUT2D eigenvalue weighted by atomic mass is 16.5. The van der Waals surface area contributed by atoms with Crippen LogP contribution in [0.3, 0.4) is 0 Å². The smallest absolute Gasteiger partial charge is 0.0717 e. The first-order valence-corrected chi connectivity index (χ1v) is 7.24. The fourth-order valence-corrected chi connectivity index (χ4v) is 2.67. The molecular weight excluding hydrogens is 222 g/mol. The van der Waals surface area contributed by atoms with Gasteiger partial charge in [-0.2, -0.15) is 0 Å². The van der Waals surface area contributed by atoms with Crippen molar-refractivity contribution in [2.45, 2.75) is 45.1 Å². The molecular formula is C16H25NO. The predicted molar refractivity (Wildman–Crippen MR) is 75.4 cm³/mol. The summed E-state index contributed by atoms with van der Waals surface area (Å²) in [5.41, 5.74) is 8.12. The van der Waals surface area contributed by atoms with Gasteiger partial charge in [-0.05, 0) is 42.9 Å². The Bertz CT molecular complexity index is 327. The van der Waals surface area contributed by atoms with Crippen LogP contribution >= 0.6 is 0 Å². The maximum absolute atomic E-state index is 5.83. The first-order valence-electron chi connectivity index (χ1n) is 7.24. The van der Waals surface area contributed by atoms with Gasteiger partial charge in [0.15, 0.2) is 0 Å². The minimum atomic E-state index is 0.720. The molecule has 0 aromatic heterocycles. The van der Waals surface area contributed by atoms with Gasteiger partial charge in [0.2, 0.25) is 0 Å². The lowest BCUT2D eigenvalue weighted by Crippen LogP contribution is -2.13. The normalized spacial score (nSPS) is 16.9. The van der Waals surface area contributed by atoms with E-state index in [0.717, 1.165) is 32.1 Å². The van der Waals surface area contributed by atoms with Crippen molar-refractivity contribution >= 4 is 0 Å². The second-order valence-corrected chi connectivity index (χ2v) is 5.37. The van der Waals surface area contributed by atoms with E-state index in [-0.39, 0.29) is 0 Å². The van der Waals surface area contributed by atoms with Gasteiger partial charge in [0, 0.05) is 6.61 Å². The molecule has 0 saturated heterocycles. The summed E-state index contributed by atoms with van der Waals surface area (Å²) in [5, 5.41) is 0. The summed E-state index contributed by atoms with van der Waals surface area (Å²) in [6.45, 7) is 2.40. The number of hydrogen-bond acceptors (Lipinski definition) is 2. The number of ether oxygens (including phenoxy) is 1. The summed E-state index contributed by atoms with van der Waals surface area (Å²) < 4.78 is 5.83. The second kappa shape index (κ2) is 7.55. The Morgan fingerprint density at radius 3 is 2.33 bits per heavy atom. The molecule has 1 aliphatic rings. The van der Waals surface area contributed by atoms with Crippen molar-refractivity contribution in [2.24, 2.45) is 11.7 Å². The monoisotopic (exact) mass is 247 g/mol. The third kappa shape index (κ3) is 4.43. The number of nitrogens with two attached hydrogens (primary N) is 1. The number of hydrogen-bond donors (Lipinski definition) is 1. The van der Waals surface area contributed by atoms with E-state index < -0.39 is 0 Å². The minimum Gasteiger partial charge on any atom is -0.376 e. The first kappa shape index (κ1) is 13.6. The lowest BCUT2D eigenvalue weighted by Gasteiger charge is -2.21. The summed E-state index contributed by atoms with van der Waals surface area (Å²) in [5.74, 6) is 0.801. The van der Waals surface area contributed by atoms with E-state index in [4.69, 9.17) is 10.5 Å². The van der Waals surface area contributed by atoms with E-state index in [0.29, 0.717) is 0 Å². The zero-order valence-corrected chi connectivity index (χ0v) is 11.2. The van der Waals surface area contributed by atoms with Crippen LogP contribution in [0.4, 0.5) is 0 Å². The summed E-state index contributed by atoms with van der Waals surface area (Å²) in [7, 11) is 0. The molecule has 0 atom stereocenters. The topological polar surface area (TPSA) is 35.2 Å². The molecule has 1 fully saturated rings. The molecule has 1 aromatic rings. The molecule has 1 aliphatic carbocycles. The number of rotatable bonds is 6. The van der Waals surface area contributed by atoms with Gasteiger partial charge in [0.25, 0.3) is 0 Å². The fraction of sp³-hybridized carbons (Fsp3) is 0.625. The third-order valence-electron chi connectivity index (χ3n) is 3.80. The highest BCUT2D eigenvalue weighted by molar-refractivity contribution is 5.22. The van der Waals surface area contributed by atoms with E-state index in [1.54, 1.807) is 0 Å². The summed E-state index contributed by atoms with van der Waals surface area (Å²) in [6.07, 6.45) is 7.87. The quantitative estimate of drug-likeness (QED) is 0.837. The lowest BCUT2D eigenvalue weighted by molar-refractivity contribution is 0.0739. The Hall–Kier alpha value is -0.860. The first-order chi connectivity index (χ1) is 8.88. The van der Waals surface area contributed by atoms with Crippen molar-refractivity contribution < 1.29 is 4.74 Å². The molecule has 2 heteroatoms. The van der Waals surface area contributed by atoms with E-state index in [1.807, 2.05) is 0 Å². The standard InChI is InChI=1S/C16H25NO/c17-11-10-14-6-8-16(9-7-14)13-18-12-15-4-2-1-3-5-15/h6-9,15H,1-5,10-13,17H2. The van der Waals surface area contributed by atoms with Crippen LogP contribution in [0.1, 0.15) is 43.2 Å². The zero-order chi connectivity index (χ0) is 12.6. The van der Waals surface area contributed by atoms with Gasteiger partial charge < -0.3 is 10.5 Å². The Balaban J connectivity index is 1.69. The minimum absolute atomic E-state index is 0.720. The molecule has 0 bridgehead atoms. The molecule has 0 spiro atoms. The van der Waals surface area contributed by atoms with Gasteiger partial charge >= 0.3 is 0 Å². The molecule has 1 saturated carbocycles. The van der Waals surface area contributed by atoms with E-state index in [1.165, 1.54) is 43.2 Å². The summed E-state index contributed by atoms with van der Waals surface area (Å²) >= 11 is 0. The molecule has 0 heterocycles. The predicted octanol–water partition coefficient (Wildman–Crippen LogP) is 3.28. The number of benzene rings is 1. The van der Waals surface area contributed by atoms with Gasteiger partial charge in [0.1, 0.15) is 0 Å². The van der Waals surface area contributed by atoms with Gasteiger partial charge in [-0.15, -0.1) is 0 Å². The molecule has 0 aliphatic heterocycles. The summed E-state index contributed by atoms with van der Waals surface area (Å²) in [6, 6.07) is 8.63. The Morgan fingerprint density at radius 2 is 1.67 bits per heavy atom. The van der Waals surface area contributed by atoms with Crippen molar-refractivity contribution in [1.29, 1.82) is 0 Å². The van der Waals surface area contributed by atoms with Crippen LogP contribution in [-0.4, -0.2) is 13.2 Å². The molecule has 18 heavy (non-hydrogen) atoms. The average Bonchev–Trinajstić information content (AvgIpc) is 2.42. The maximum atomic E-state index is 5.83. The molecule has 1 aromatic carbocycles. The van der Waals surface area contributed by atoms with Crippen LogP contribution in [0.15, 0.2) is 24.3 Å².